The first-order valence-electron chi connectivity index (χ1n) is 12.8. The minimum atomic E-state index is -4.94. The molecule has 1 saturated heterocycles. The van der Waals surface area contributed by atoms with Crippen LogP contribution < -0.4 is 15.0 Å². The zero-order valence-electron chi connectivity index (χ0n) is 21.6. The van der Waals surface area contributed by atoms with Gasteiger partial charge < -0.3 is 20.1 Å². The Morgan fingerprint density at radius 3 is 2.70 bits per heavy atom. The number of pyridine rings is 1. The van der Waals surface area contributed by atoms with Gasteiger partial charge in [0.2, 0.25) is 0 Å². The number of hydrogen-bond acceptors (Lipinski definition) is 5. The molecule has 4 rings (SSSR count). The number of carbonyl (C=O) groups excluding carboxylic acids is 1. The van der Waals surface area contributed by atoms with Gasteiger partial charge in [0.15, 0.2) is 0 Å². The third-order valence-corrected chi connectivity index (χ3v) is 7.35. The number of para-hydroxylation sites is 1. The Kier molecular flexibility index (Phi) is 9.17. The maximum Gasteiger partial charge on any atom is 0.573 e. The number of piperidine rings is 1. The van der Waals surface area contributed by atoms with Gasteiger partial charge in [0.05, 0.1) is 17.6 Å². The summed E-state index contributed by atoms with van der Waals surface area (Å²) in [6, 6.07) is 10.8. The third kappa shape index (κ3) is 7.21. The number of ether oxygens (including phenoxy) is 1. The van der Waals surface area contributed by atoms with Crippen molar-refractivity contribution in [3.63, 3.8) is 0 Å². The molecule has 3 aromatic rings. The first kappa shape index (κ1) is 29.6. The quantitative estimate of drug-likeness (QED) is 0.263. The second kappa shape index (κ2) is 12.4. The molecule has 214 valence electrons. The molecule has 7 nitrogen and oxygen atoms in total. The van der Waals surface area contributed by atoms with E-state index in [-0.39, 0.29) is 31.5 Å². The van der Waals surface area contributed by atoms with E-state index in [1.54, 1.807) is 25.1 Å². The number of amides is 1. The lowest BCUT2D eigenvalue weighted by molar-refractivity contribution is -0.275. The summed E-state index contributed by atoms with van der Waals surface area (Å²) < 4.78 is 58.3. The van der Waals surface area contributed by atoms with E-state index in [1.807, 2.05) is 4.90 Å². The van der Waals surface area contributed by atoms with Crippen molar-refractivity contribution in [1.29, 1.82) is 0 Å². The topological polar surface area (TPSA) is 91.8 Å². The lowest BCUT2D eigenvalue weighted by Gasteiger charge is -2.32. The number of carboxylic acids is 1. The van der Waals surface area contributed by atoms with Crippen LogP contribution in [0.5, 0.6) is 5.75 Å². The summed E-state index contributed by atoms with van der Waals surface area (Å²) in [6.45, 7) is 2.33. The van der Waals surface area contributed by atoms with Crippen LogP contribution in [0.4, 0.5) is 23.4 Å². The van der Waals surface area contributed by atoms with Crippen LogP contribution in [0.25, 0.3) is 10.9 Å². The molecular weight excluding hydrogens is 598 g/mol. The molecule has 1 aliphatic rings. The van der Waals surface area contributed by atoms with E-state index in [1.165, 1.54) is 18.2 Å². The molecule has 1 fully saturated rings. The van der Waals surface area contributed by atoms with Crippen molar-refractivity contribution in [3.8, 4) is 5.75 Å². The minimum absolute atomic E-state index is 0.0353. The largest absolute Gasteiger partial charge is 0.573 e. The summed E-state index contributed by atoms with van der Waals surface area (Å²) in [7, 11) is 0. The molecule has 1 amide bonds. The zero-order valence-corrected chi connectivity index (χ0v) is 23.2. The van der Waals surface area contributed by atoms with Crippen LogP contribution in [-0.4, -0.2) is 54.1 Å². The molecule has 0 saturated carbocycles. The SMILES string of the molecule is Cc1c(N2CCCC(F)C2)nc2ccc(Br)cc2c1C(=O)NCC(CCC(=O)O)c1ccccc1OC(F)(F)F. The highest BCUT2D eigenvalue weighted by atomic mass is 79.9. The average Bonchev–Trinajstić information content (AvgIpc) is 2.88. The van der Waals surface area contributed by atoms with Gasteiger partial charge in [0.1, 0.15) is 17.7 Å². The van der Waals surface area contributed by atoms with Gasteiger partial charge in [-0.3, -0.25) is 9.59 Å². The van der Waals surface area contributed by atoms with E-state index in [9.17, 15) is 32.3 Å². The van der Waals surface area contributed by atoms with Gasteiger partial charge in [-0.1, -0.05) is 34.1 Å². The number of halogens is 5. The van der Waals surface area contributed by atoms with Crippen LogP contribution in [0.15, 0.2) is 46.9 Å². The van der Waals surface area contributed by atoms with Crippen molar-refractivity contribution >= 4 is 44.5 Å². The summed E-state index contributed by atoms with van der Waals surface area (Å²) in [5, 5.41) is 12.6. The van der Waals surface area contributed by atoms with Crippen LogP contribution in [0.3, 0.4) is 0 Å². The number of rotatable bonds is 9. The molecule has 2 atom stereocenters. The lowest BCUT2D eigenvalue weighted by atomic mass is 9.92. The monoisotopic (exact) mass is 625 g/mol. The molecule has 0 spiro atoms. The van der Waals surface area contributed by atoms with Gasteiger partial charge in [-0.25, -0.2) is 9.37 Å². The molecule has 2 N–H and O–H groups in total. The molecule has 2 unspecified atom stereocenters. The molecule has 12 heteroatoms. The lowest BCUT2D eigenvalue weighted by Crippen LogP contribution is -2.38. The number of aliphatic carboxylic acids is 1. The maximum atomic E-state index is 14.2. The van der Waals surface area contributed by atoms with Gasteiger partial charge in [0.25, 0.3) is 5.91 Å². The second-order valence-electron chi connectivity index (χ2n) is 9.71. The van der Waals surface area contributed by atoms with E-state index in [0.29, 0.717) is 51.7 Å². The molecule has 0 radical (unpaired) electrons. The maximum absolute atomic E-state index is 14.2. The predicted molar refractivity (Wildman–Crippen MR) is 146 cm³/mol. The van der Waals surface area contributed by atoms with E-state index < -0.39 is 36.1 Å². The van der Waals surface area contributed by atoms with E-state index in [0.717, 1.165) is 6.07 Å². The van der Waals surface area contributed by atoms with Crippen LogP contribution in [0.1, 0.15) is 53.1 Å². The highest BCUT2D eigenvalue weighted by Gasteiger charge is 2.33. The van der Waals surface area contributed by atoms with Crippen LogP contribution in [0, 0.1) is 6.92 Å². The Balaban J connectivity index is 1.68. The average molecular weight is 626 g/mol. The summed E-state index contributed by atoms with van der Waals surface area (Å²) in [5.74, 6) is -2.38. The third-order valence-electron chi connectivity index (χ3n) is 6.86. The standard InChI is InChI=1S/C28H28BrF4N3O4/c1-16-25(21-13-18(29)9-10-22(21)35-26(16)36-12-4-5-19(30)15-36)27(39)34-14-17(8-11-24(37)38)20-6-2-3-7-23(20)40-28(31,32)33/h2-3,6-7,9-10,13,17,19H,4-5,8,11-12,14-15H2,1H3,(H,34,39)(H,37,38). The van der Waals surface area contributed by atoms with Crippen molar-refractivity contribution in [1.82, 2.24) is 10.3 Å². The van der Waals surface area contributed by atoms with Crippen LogP contribution in [-0.2, 0) is 4.79 Å². The summed E-state index contributed by atoms with van der Waals surface area (Å²) in [4.78, 5) is 31.6. The number of alkyl halides is 4. The van der Waals surface area contributed by atoms with E-state index in [2.05, 4.69) is 26.0 Å². The Morgan fingerprint density at radius 2 is 2.00 bits per heavy atom. The Labute approximate surface area is 236 Å². The Morgan fingerprint density at radius 1 is 1.25 bits per heavy atom. The van der Waals surface area contributed by atoms with Crippen molar-refractivity contribution in [3.05, 3.63) is 63.6 Å². The number of fused-ring (bicyclic) bond motifs is 1. The zero-order chi connectivity index (χ0) is 29.0. The summed E-state index contributed by atoms with van der Waals surface area (Å²) in [5.41, 5.74) is 1.50. The molecule has 2 aromatic carbocycles. The first-order valence-corrected chi connectivity index (χ1v) is 13.6. The molecule has 0 aliphatic carbocycles. The van der Waals surface area contributed by atoms with Crippen LogP contribution >= 0.6 is 15.9 Å². The Hall–Kier alpha value is -3.41. The van der Waals surface area contributed by atoms with E-state index >= 15 is 0 Å². The number of carboxylic acid groups (broad SMARTS) is 1. The van der Waals surface area contributed by atoms with Gasteiger partial charge in [-0.05, 0) is 56.0 Å². The van der Waals surface area contributed by atoms with Gasteiger partial charge >= 0.3 is 12.3 Å². The molecule has 1 aromatic heterocycles. The number of aromatic nitrogens is 1. The molecule has 1 aliphatic heterocycles. The number of hydrogen-bond donors (Lipinski definition) is 2. The molecular formula is C28H28BrF4N3O4. The molecule has 40 heavy (non-hydrogen) atoms. The first-order chi connectivity index (χ1) is 18.9. The fourth-order valence-electron chi connectivity index (χ4n) is 5.04. The minimum Gasteiger partial charge on any atom is -0.481 e. The number of nitrogens with zero attached hydrogens (tertiary/aromatic N) is 2. The van der Waals surface area contributed by atoms with Crippen molar-refractivity contribution in [2.45, 2.75) is 51.1 Å². The number of carbonyl (C=O) groups is 2. The second-order valence-corrected chi connectivity index (χ2v) is 10.6. The van der Waals surface area contributed by atoms with Crippen LogP contribution in [0.2, 0.25) is 0 Å². The number of benzene rings is 2. The normalized spacial score (nSPS) is 16.6. The summed E-state index contributed by atoms with van der Waals surface area (Å²) >= 11 is 3.42. The highest BCUT2D eigenvalue weighted by molar-refractivity contribution is 9.10. The smallest absolute Gasteiger partial charge is 0.481 e. The van der Waals surface area contributed by atoms with E-state index in [4.69, 9.17) is 4.98 Å². The molecule has 0 bridgehead atoms. The fraction of sp³-hybridized carbons (Fsp3) is 0.393. The predicted octanol–water partition coefficient (Wildman–Crippen LogP) is 6.52. The fourth-order valence-corrected chi connectivity index (χ4v) is 5.40. The van der Waals surface area contributed by atoms with Gasteiger partial charge in [-0.2, -0.15) is 0 Å². The number of nitrogens with one attached hydrogen (secondary N) is 1. The van der Waals surface area contributed by atoms with Gasteiger partial charge in [0, 0.05) is 40.9 Å². The van der Waals surface area contributed by atoms with Gasteiger partial charge in [-0.15, -0.1) is 13.2 Å². The van der Waals surface area contributed by atoms with Crippen molar-refractivity contribution < 1.29 is 37.0 Å². The number of anilines is 1. The highest BCUT2D eigenvalue weighted by Crippen LogP contribution is 2.35. The van der Waals surface area contributed by atoms with Crippen molar-refractivity contribution in [2.24, 2.45) is 0 Å². The summed E-state index contributed by atoms with van der Waals surface area (Å²) in [6.07, 6.45) is -5.21. The Bertz CT molecular complexity index is 1400. The van der Waals surface area contributed by atoms with Crippen molar-refractivity contribution in [2.75, 3.05) is 24.5 Å². The molecule has 2 heterocycles.